The predicted molar refractivity (Wildman–Crippen MR) is 67.3 cm³/mol. The van der Waals surface area contributed by atoms with E-state index in [-0.39, 0.29) is 0 Å². The van der Waals surface area contributed by atoms with E-state index in [4.69, 9.17) is 0 Å². The highest BCUT2D eigenvalue weighted by Crippen LogP contribution is 2.16. The van der Waals surface area contributed by atoms with Crippen LogP contribution in [-0.4, -0.2) is 18.6 Å². The summed E-state index contributed by atoms with van der Waals surface area (Å²) >= 11 is 1.88. The maximum Gasteiger partial charge on any atom is 0.0372 e. The van der Waals surface area contributed by atoms with Crippen LogP contribution in [0.5, 0.6) is 0 Å². The Bertz CT molecular complexity index is 260. The lowest BCUT2D eigenvalue weighted by Gasteiger charge is -2.10. The maximum atomic E-state index is 3.48. The molecule has 0 aliphatic heterocycles. The molecule has 1 N–H and O–H groups in total. The molecule has 2 heteroatoms. The zero-order valence-electron chi connectivity index (χ0n) is 9.05. The first-order chi connectivity index (χ1) is 6.88. The number of rotatable bonds is 6. The standard InChI is InChI=1S/C12H19NS/c1-3-6-11-7-4-5-8-12(11)13-9-10-14-2/h4-5,7-8,13H,3,6,9-10H2,1-2H3. The third kappa shape index (κ3) is 3.62. The smallest absolute Gasteiger partial charge is 0.0372 e. The molecular weight excluding hydrogens is 190 g/mol. The van der Waals surface area contributed by atoms with Crippen molar-refractivity contribution in [2.45, 2.75) is 19.8 Å². The molecule has 1 aromatic rings. The second-order valence-corrected chi connectivity index (χ2v) is 4.31. The van der Waals surface area contributed by atoms with Gasteiger partial charge in [-0.05, 0) is 24.3 Å². The monoisotopic (exact) mass is 209 g/mol. The van der Waals surface area contributed by atoms with E-state index in [1.54, 1.807) is 0 Å². The van der Waals surface area contributed by atoms with Crippen LogP contribution in [0.15, 0.2) is 24.3 Å². The summed E-state index contributed by atoms with van der Waals surface area (Å²) in [5, 5.41) is 3.48. The number of thioether (sulfide) groups is 1. The molecule has 0 atom stereocenters. The lowest BCUT2D eigenvalue weighted by atomic mass is 10.1. The van der Waals surface area contributed by atoms with Crippen molar-refractivity contribution in [1.82, 2.24) is 0 Å². The fourth-order valence-electron chi connectivity index (χ4n) is 1.47. The number of aryl methyl sites for hydroxylation is 1. The second kappa shape index (κ2) is 6.77. The summed E-state index contributed by atoms with van der Waals surface area (Å²) in [7, 11) is 0. The second-order valence-electron chi connectivity index (χ2n) is 3.33. The van der Waals surface area contributed by atoms with Crippen LogP contribution < -0.4 is 5.32 Å². The molecule has 0 bridgehead atoms. The van der Waals surface area contributed by atoms with Gasteiger partial charge in [0.1, 0.15) is 0 Å². The van der Waals surface area contributed by atoms with Crippen LogP contribution in [0.25, 0.3) is 0 Å². The van der Waals surface area contributed by atoms with Gasteiger partial charge < -0.3 is 5.32 Å². The zero-order valence-corrected chi connectivity index (χ0v) is 9.86. The maximum absolute atomic E-state index is 3.48. The fourth-order valence-corrected chi connectivity index (χ4v) is 1.77. The topological polar surface area (TPSA) is 12.0 Å². The van der Waals surface area contributed by atoms with E-state index in [2.05, 4.69) is 42.8 Å². The summed E-state index contributed by atoms with van der Waals surface area (Å²) < 4.78 is 0. The Morgan fingerprint density at radius 1 is 1.29 bits per heavy atom. The van der Waals surface area contributed by atoms with Crippen LogP contribution in [0.1, 0.15) is 18.9 Å². The predicted octanol–water partition coefficient (Wildman–Crippen LogP) is 3.41. The number of hydrogen-bond donors (Lipinski definition) is 1. The largest absolute Gasteiger partial charge is 0.384 e. The lowest BCUT2D eigenvalue weighted by Crippen LogP contribution is -2.05. The number of nitrogens with one attached hydrogen (secondary N) is 1. The van der Waals surface area contributed by atoms with Crippen molar-refractivity contribution in [2.75, 3.05) is 23.9 Å². The summed E-state index contributed by atoms with van der Waals surface area (Å²) in [6.45, 7) is 3.28. The molecule has 0 aliphatic rings. The molecule has 0 heterocycles. The molecule has 0 saturated carbocycles. The molecule has 1 nitrogen and oxygen atoms in total. The molecule has 0 fully saturated rings. The van der Waals surface area contributed by atoms with Gasteiger partial charge in [-0.2, -0.15) is 11.8 Å². The van der Waals surface area contributed by atoms with Crippen LogP contribution in [0.4, 0.5) is 5.69 Å². The van der Waals surface area contributed by atoms with Gasteiger partial charge in [0, 0.05) is 18.0 Å². The SMILES string of the molecule is CCCc1ccccc1NCCSC. The molecular formula is C12H19NS. The van der Waals surface area contributed by atoms with Crippen molar-refractivity contribution in [2.24, 2.45) is 0 Å². The molecule has 1 rings (SSSR count). The Balaban J connectivity index is 2.55. The van der Waals surface area contributed by atoms with Gasteiger partial charge in [0.15, 0.2) is 0 Å². The van der Waals surface area contributed by atoms with E-state index in [1.165, 1.54) is 29.8 Å². The molecule has 0 aromatic heterocycles. The number of hydrogen-bond acceptors (Lipinski definition) is 2. The van der Waals surface area contributed by atoms with Crippen LogP contribution in [-0.2, 0) is 6.42 Å². The third-order valence-electron chi connectivity index (χ3n) is 2.16. The Morgan fingerprint density at radius 3 is 2.79 bits per heavy atom. The van der Waals surface area contributed by atoms with Gasteiger partial charge in [-0.15, -0.1) is 0 Å². The van der Waals surface area contributed by atoms with Crippen LogP contribution >= 0.6 is 11.8 Å². The van der Waals surface area contributed by atoms with E-state index in [0.29, 0.717) is 0 Å². The summed E-state index contributed by atoms with van der Waals surface area (Å²) in [5.74, 6) is 1.17. The molecule has 0 saturated heterocycles. The normalized spacial score (nSPS) is 10.1. The molecule has 0 unspecified atom stereocenters. The minimum Gasteiger partial charge on any atom is -0.384 e. The lowest BCUT2D eigenvalue weighted by molar-refractivity contribution is 0.921. The molecule has 1 aromatic carbocycles. The number of benzene rings is 1. The summed E-state index contributed by atoms with van der Waals surface area (Å²) in [5.41, 5.74) is 2.75. The van der Waals surface area contributed by atoms with E-state index in [1.807, 2.05) is 11.8 Å². The van der Waals surface area contributed by atoms with Crippen LogP contribution in [0.2, 0.25) is 0 Å². The molecule has 0 spiro atoms. The van der Waals surface area contributed by atoms with Crippen molar-refractivity contribution in [3.63, 3.8) is 0 Å². The van der Waals surface area contributed by atoms with Gasteiger partial charge >= 0.3 is 0 Å². The number of anilines is 1. The summed E-state index contributed by atoms with van der Waals surface area (Å²) in [6, 6.07) is 8.60. The van der Waals surface area contributed by atoms with E-state index in [9.17, 15) is 0 Å². The molecule has 0 radical (unpaired) electrons. The minimum absolute atomic E-state index is 1.06. The Kier molecular flexibility index (Phi) is 5.53. The van der Waals surface area contributed by atoms with Crippen LogP contribution in [0, 0.1) is 0 Å². The number of para-hydroxylation sites is 1. The van der Waals surface area contributed by atoms with Gasteiger partial charge in [0.25, 0.3) is 0 Å². The zero-order chi connectivity index (χ0) is 10.2. The van der Waals surface area contributed by atoms with Crippen molar-refractivity contribution >= 4 is 17.4 Å². The van der Waals surface area contributed by atoms with E-state index in [0.717, 1.165) is 6.54 Å². The first kappa shape index (κ1) is 11.4. The highest BCUT2D eigenvalue weighted by atomic mass is 32.2. The van der Waals surface area contributed by atoms with E-state index >= 15 is 0 Å². The molecule has 14 heavy (non-hydrogen) atoms. The van der Waals surface area contributed by atoms with Gasteiger partial charge in [-0.3, -0.25) is 0 Å². The average molecular weight is 209 g/mol. The Hall–Kier alpha value is -0.630. The first-order valence-corrected chi connectivity index (χ1v) is 6.58. The molecule has 0 aliphatic carbocycles. The first-order valence-electron chi connectivity index (χ1n) is 5.19. The summed E-state index contributed by atoms with van der Waals surface area (Å²) in [4.78, 5) is 0. The molecule has 78 valence electrons. The van der Waals surface area contributed by atoms with Gasteiger partial charge in [-0.25, -0.2) is 0 Å². The average Bonchev–Trinajstić information content (AvgIpc) is 2.21. The fraction of sp³-hybridized carbons (Fsp3) is 0.500. The van der Waals surface area contributed by atoms with Gasteiger partial charge in [-0.1, -0.05) is 31.5 Å². The molecule has 0 amide bonds. The van der Waals surface area contributed by atoms with E-state index < -0.39 is 0 Å². The minimum atomic E-state index is 1.06. The third-order valence-corrected chi connectivity index (χ3v) is 2.77. The van der Waals surface area contributed by atoms with Crippen LogP contribution in [0.3, 0.4) is 0 Å². The Labute approximate surface area is 91.3 Å². The van der Waals surface area contributed by atoms with Crippen molar-refractivity contribution in [3.8, 4) is 0 Å². The van der Waals surface area contributed by atoms with Gasteiger partial charge in [0.2, 0.25) is 0 Å². The van der Waals surface area contributed by atoms with Crippen molar-refractivity contribution < 1.29 is 0 Å². The summed E-state index contributed by atoms with van der Waals surface area (Å²) in [6.07, 6.45) is 4.52. The quantitative estimate of drug-likeness (QED) is 0.721. The highest BCUT2D eigenvalue weighted by molar-refractivity contribution is 7.98. The Morgan fingerprint density at radius 2 is 2.07 bits per heavy atom. The highest BCUT2D eigenvalue weighted by Gasteiger charge is 1.98. The van der Waals surface area contributed by atoms with Crippen molar-refractivity contribution in [3.05, 3.63) is 29.8 Å². The van der Waals surface area contributed by atoms with Gasteiger partial charge in [0.05, 0.1) is 0 Å². The van der Waals surface area contributed by atoms with Crippen molar-refractivity contribution in [1.29, 1.82) is 0 Å².